The Morgan fingerprint density at radius 1 is 1.62 bits per heavy atom. The molecule has 1 fully saturated rings. The second-order valence-electron chi connectivity index (χ2n) is 4.15. The standard InChI is InChI=1S/C11H14BrN3O/c1-15-6-7(2-3-10(15)16)8-4-9(12)11(13)14-5-8/h4-5,7H,2-3,6H2,1H3,(H2,13,14)/t7-/m1/s1. The van der Waals surface area contributed by atoms with Gasteiger partial charge in [-0.25, -0.2) is 4.98 Å². The number of nitrogens with two attached hydrogens (primary N) is 1. The molecule has 0 aliphatic carbocycles. The third-order valence-corrected chi connectivity index (χ3v) is 3.62. The molecule has 0 unspecified atom stereocenters. The number of rotatable bonds is 1. The smallest absolute Gasteiger partial charge is 0.222 e. The minimum atomic E-state index is 0.221. The number of hydrogen-bond donors (Lipinski definition) is 1. The second-order valence-corrected chi connectivity index (χ2v) is 5.00. The Bertz CT molecular complexity index is 422. The summed E-state index contributed by atoms with van der Waals surface area (Å²) in [5.74, 6) is 1.09. The molecule has 0 bridgehead atoms. The van der Waals surface area contributed by atoms with Crippen LogP contribution in [0.1, 0.15) is 24.3 Å². The number of carbonyl (C=O) groups excluding carboxylic acids is 1. The van der Waals surface area contributed by atoms with Crippen LogP contribution in [0.25, 0.3) is 0 Å². The largest absolute Gasteiger partial charge is 0.383 e. The highest BCUT2D eigenvalue weighted by molar-refractivity contribution is 9.10. The minimum absolute atomic E-state index is 0.221. The predicted octanol–water partition coefficient (Wildman–Crippen LogP) is 1.76. The number of piperidine rings is 1. The zero-order valence-electron chi connectivity index (χ0n) is 9.11. The topological polar surface area (TPSA) is 59.2 Å². The molecule has 1 saturated heterocycles. The van der Waals surface area contributed by atoms with Crippen molar-refractivity contribution in [2.24, 2.45) is 0 Å². The maximum Gasteiger partial charge on any atom is 0.222 e. The van der Waals surface area contributed by atoms with E-state index in [1.54, 1.807) is 11.1 Å². The first-order chi connectivity index (χ1) is 7.58. The van der Waals surface area contributed by atoms with Gasteiger partial charge in [0.1, 0.15) is 5.82 Å². The number of likely N-dealkylation sites (N-methyl/N-ethyl adjacent to an activating group) is 1. The van der Waals surface area contributed by atoms with E-state index in [9.17, 15) is 4.79 Å². The van der Waals surface area contributed by atoms with Gasteiger partial charge in [0, 0.05) is 32.1 Å². The zero-order valence-corrected chi connectivity index (χ0v) is 10.7. The van der Waals surface area contributed by atoms with Gasteiger partial charge >= 0.3 is 0 Å². The van der Waals surface area contributed by atoms with E-state index in [1.165, 1.54) is 0 Å². The first-order valence-corrected chi connectivity index (χ1v) is 6.02. The number of carbonyl (C=O) groups is 1. The van der Waals surface area contributed by atoms with Crippen molar-refractivity contribution < 1.29 is 4.79 Å². The molecule has 1 aliphatic heterocycles. The predicted molar refractivity (Wildman–Crippen MR) is 66.0 cm³/mol. The van der Waals surface area contributed by atoms with Crippen LogP contribution in [0.4, 0.5) is 5.82 Å². The van der Waals surface area contributed by atoms with Crippen LogP contribution in [0.5, 0.6) is 0 Å². The molecule has 1 atom stereocenters. The van der Waals surface area contributed by atoms with Gasteiger partial charge in [0.2, 0.25) is 5.91 Å². The van der Waals surface area contributed by atoms with Crippen molar-refractivity contribution in [1.82, 2.24) is 9.88 Å². The van der Waals surface area contributed by atoms with Crippen LogP contribution in [-0.2, 0) is 4.79 Å². The van der Waals surface area contributed by atoms with Gasteiger partial charge in [-0.15, -0.1) is 0 Å². The highest BCUT2D eigenvalue weighted by Crippen LogP contribution is 2.29. The number of pyridine rings is 1. The number of aromatic nitrogens is 1. The summed E-state index contributed by atoms with van der Waals surface area (Å²) >= 11 is 3.37. The fraction of sp³-hybridized carbons (Fsp3) is 0.455. The van der Waals surface area contributed by atoms with E-state index in [0.717, 1.165) is 23.0 Å². The fourth-order valence-corrected chi connectivity index (χ4v) is 2.34. The molecule has 2 rings (SSSR count). The van der Waals surface area contributed by atoms with Crippen molar-refractivity contribution in [1.29, 1.82) is 0 Å². The number of likely N-dealkylation sites (tertiary alicyclic amines) is 1. The molecule has 2 heterocycles. The summed E-state index contributed by atoms with van der Waals surface area (Å²) in [6, 6.07) is 2.00. The average Bonchev–Trinajstić information content (AvgIpc) is 2.26. The summed E-state index contributed by atoms with van der Waals surface area (Å²) in [5, 5.41) is 0. The van der Waals surface area contributed by atoms with Gasteiger partial charge in [-0.1, -0.05) is 0 Å². The van der Waals surface area contributed by atoms with Crippen molar-refractivity contribution in [2.75, 3.05) is 19.3 Å². The molecular weight excluding hydrogens is 270 g/mol. The molecule has 0 aromatic carbocycles. The van der Waals surface area contributed by atoms with Gasteiger partial charge in [0.05, 0.1) is 4.47 Å². The lowest BCUT2D eigenvalue weighted by Crippen LogP contribution is -2.35. The number of nitrogens with zero attached hydrogens (tertiary/aromatic N) is 2. The molecule has 1 amide bonds. The maximum absolute atomic E-state index is 11.4. The van der Waals surface area contributed by atoms with Crippen LogP contribution in [0, 0.1) is 0 Å². The van der Waals surface area contributed by atoms with Gasteiger partial charge in [-0.05, 0) is 34.0 Å². The Morgan fingerprint density at radius 2 is 2.38 bits per heavy atom. The molecule has 16 heavy (non-hydrogen) atoms. The highest BCUT2D eigenvalue weighted by atomic mass is 79.9. The van der Waals surface area contributed by atoms with Crippen LogP contribution in [0.3, 0.4) is 0 Å². The lowest BCUT2D eigenvalue weighted by molar-refractivity contribution is -0.132. The molecule has 0 radical (unpaired) electrons. The highest BCUT2D eigenvalue weighted by Gasteiger charge is 2.24. The van der Waals surface area contributed by atoms with E-state index < -0.39 is 0 Å². The van der Waals surface area contributed by atoms with Crippen molar-refractivity contribution >= 4 is 27.7 Å². The van der Waals surface area contributed by atoms with Gasteiger partial charge < -0.3 is 10.6 Å². The van der Waals surface area contributed by atoms with Crippen molar-refractivity contribution in [3.05, 3.63) is 22.3 Å². The molecular formula is C11H14BrN3O. The summed E-state index contributed by atoms with van der Waals surface area (Å²) in [7, 11) is 1.84. The molecule has 86 valence electrons. The maximum atomic E-state index is 11.4. The van der Waals surface area contributed by atoms with E-state index >= 15 is 0 Å². The molecule has 1 aromatic rings. The van der Waals surface area contributed by atoms with Crippen LogP contribution in [0.15, 0.2) is 16.7 Å². The SMILES string of the molecule is CN1C[C@H](c2cnc(N)c(Br)c2)CCC1=O. The molecule has 1 aromatic heterocycles. The summed E-state index contributed by atoms with van der Waals surface area (Å²) < 4.78 is 0.824. The summed E-state index contributed by atoms with van der Waals surface area (Å²) in [6.45, 7) is 0.761. The summed E-state index contributed by atoms with van der Waals surface area (Å²) in [5.41, 5.74) is 6.78. The first kappa shape index (κ1) is 11.4. The molecule has 2 N–H and O–H groups in total. The number of amides is 1. The Balaban J connectivity index is 2.18. The fourth-order valence-electron chi connectivity index (χ4n) is 1.97. The van der Waals surface area contributed by atoms with Crippen LogP contribution in [-0.4, -0.2) is 29.4 Å². The lowest BCUT2D eigenvalue weighted by Gasteiger charge is -2.29. The van der Waals surface area contributed by atoms with Gasteiger partial charge in [-0.3, -0.25) is 4.79 Å². The third-order valence-electron chi connectivity index (χ3n) is 2.99. The monoisotopic (exact) mass is 283 g/mol. The molecule has 0 saturated carbocycles. The van der Waals surface area contributed by atoms with Crippen molar-refractivity contribution in [3.8, 4) is 0 Å². The van der Waals surface area contributed by atoms with Crippen LogP contribution < -0.4 is 5.73 Å². The molecule has 0 spiro atoms. The number of halogens is 1. The van der Waals surface area contributed by atoms with E-state index in [1.807, 2.05) is 13.1 Å². The van der Waals surface area contributed by atoms with Gasteiger partial charge in [-0.2, -0.15) is 0 Å². The van der Waals surface area contributed by atoms with Crippen LogP contribution >= 0.6 is 15.9 Å². The molecule has 1 aliphatic rings. The summed E-state index contributed by atoms with van der Waals surface area (Å²) in [4.78, 5) is 17.3. The Hall–Kier alpha value is -1.10. The Morgan fingerprint density at radius 3 is 3.00 bits per heavy atom. The number of nitrogen functional groups attached to an aromatic ring is 1. The van der Waals surface area contributed by atoms with Crippen molar-refractivity contribution in [2.45, 2.75) is 18.8 Å². The normalized spacial score (nSPS) is 21.2. The van der Waals surface area contributed by atoms with Crippen molar-refractivity contribution in [3.63, 3.8) is 0 Å². The minimum Gasteiger partial charge on any atom is -0.383 e. The third kappa shape index (κ3) is 2.19. The van der Waals surface area contributed by atoms with E-state index in [4.69, 9.17) is 5.73 Å². The van der Waals surface area contributed by atoms with E-state index in [0.29, 0.717) is 18.2 Å². The zero-order chi connectivity index (χ0) is 11.7. The van der Waals surface area contributed by atoms with Crippen LogP contribution in [0.2, 0.25) is 0 Å². The van der Waals surface area contributed by atoms with E-state index in [-0.39, 0.29) is 5.91 Å². The Labute approximate surface area is 103 Å². The average molecular weight is 284 g/mol. The summed E-state index contributed by atoms with van der Waals surface area (Å²) in [6.07, 6.45) is 3.30. The molecule has 5 heteroatoms. The molecule has 4 nitrogen and oxygen atoms in total. The lowest BCUT2D eigenvalue weighted by atomic mass is 9.92. The quantitative estimate of drug-likeness (QED) is 0.855. The first-order valence-electron chi connectivity index (χ1n) is 5.23. The van der Waals surface area contributed by atoms with E-state index in [2.05, 4.69) is 20.9 Å². The Kier molecular flexibility index (Phi) is 3.14. The van der Waals surface area contributed by atoms with Gasteiger partial charge in [0.15, 0.2) is 0 Å². The number of anilines is 1. The number of hydrogen-bond acceptors (Lipinski definition) is 3. The van der Waals surface area contributed by atoms with Gasteiger partial charge in [0.25, 0.3) is 0 Å². The second kappa shape index (κ2) is 4.41.